The fourth-order valence-electron chi connectivity index (χ4n) is 1.16. The molecule has 2 N–H and O–H groups in total. The second kappa shape index (κ2) is 4.73. The number of hydrogen-bond acceptors (Lipinski definition) is 0. The molecule has 0 saturated carbocycles. The lowest BCUT2D eigenvalue weighted by atomic mass is 10.1. The maximum absolute atomic E-state index is 3.74. The summed E-state index contributed by atoms with van der Waals surface area (Å²) >= 11 is 0. The van der Waals surface area contributed by atoms with E-state index in [9.17, 15) is 0 Å². The zero-order valence-electron chi connectivity index (χ0n) is 7.59. The fraction of sp³-hybridized carbons (Fsp3) is 0.273. The van der Waals surface area contributed by atoms with Gasteiger partial charge in [0.2, 0.25) is 0 Å². The molecule has 1 heteroatoms. The lowest BCUT2D eigenvalue weighted by Crippen LogP contribution is -2.81. The van der Waals surface area contributed by atoms with Gasteiger partial charge in [0.25, 0.3) is 0 Å². The Morgan fingerprint density at radius 2 is 2.33 bits per heavy atom. The van der Waals surface area contributed by atoms with Crippen LogP contribution in [-0.2, 0) is 6.54 Å². The van der Waals surface area contributed by atoms with Gasteiger partial charge in [-0.3, -0.25) is 0 Å². The predicted octanol–water partition coefficient (Wildman–Crippen LogP) is 1.41. The third kappa shape index (κ3) is 2.51. The largest absolute Gasteiger partial charge is 0.343 e. The van der Waals surface area contributed by atoms with Gasteiger partial charge in [-0.1, -0.05) is 30.9 Å². The van der Waals surface area contributed by atoms with Crippen molar-refractivity contribution in [3.05, 3.63) is 42.0 Å². The molecule has 0 atom stereocenters. The molecule has 12 heavy (non-hydrogen) atoms. The summed E-state index contributed by atoms with van der Waals surface area (Å²) in [6.45, 7) is 8.11. The van der Waals surface area contributed by atoms with E-state index in [4.69, 9.17) is 0 Å². The van der Waals surface area contributed by atoms with E-state index in [1.165, 1.54) is 11.1 Å². The van der Waals surface area contributed by atoms with Crippen molar-refractivity contribution in [3.63, 3.8) is 0 Å². The second-order valence-electron chi connectivity index (χ2n) is 2.85. The number of hydrogen-bond donors (Lipinski definition) is 1. The smallest absolute Gasteiger partial charge is 0.101 e. The van der Waals surface area contributed by atoms with E-state index in [-0.39, 0.29) is 0 Å². The van der Waals surface area contributed by atoms with Crippen LogP contribution in [0.4, 0.5) is 0 Å². The highest BCUT2D eigenvalue weighted by Crippen LogP contribution is 2.04. The Morgan fingerprint density at radius 1 is 1.50 bits per heavy atom. The molecule has 1 nitrogen and oxygen atoms in total. The molecule has 0 saturated heterocycles. The Hall–Kier alpha value is -1.08. The molecule has 0 aliphatic heterocycles. The molecule has 0 unspecified atom stereocenters. The molecule has 0 heterocycles. The first-order valence-electron chi connectivity index (χ1n) is 4.40. The summed E-state index contributed by atoms with van der Waals surface area (Å²) in [5.74, 6) is 0. The fourth-order valence-corrected chi connectivity index (χ4v) is 1.16. The third-order valence-electron chi connectivity index (χ3n) is 1.86. The van der Waals surface area contributed by atoms with Crippen LogP contribution >= 0.6 is 0 Å². The summed E-state index contributed by atoms with van der Waals surface area (Å²) in [5, 5.41) is 2.28. The van der Waals surface area contributed by atoms with E-state index < -0.39 is 0 Å². The molecule has 0 spiro atoms. The number of rotatable bonds is 4. The second-order valence-corrected chi connectivity index (χ2v) is 2.85. The van der Waals surface area contributed by atoms with Gasteiger partial charge in [-0.25, -0.2) is 0 Å². The SMILES string of the molecule is C=Cc1cccc(C[NH2+]CC)c1. The van der Waals surface area contributed by atoms with E-state index in [0.29, 0.717) is 0 Å². The number of nitrogens with two attached hydrogens (primary N) is 1. The van der Waals surface area contributed by atoms with E-state index >= 15 is 0 Å². The highest BCUT2D eigenvalue weighted by molar-refractivity contribution is 5.47. The molecule has 1 aromatic rings. The topological polar surface area (TPSA) is 16.6 Å². The lowest BCUT2D eigenvalue weighted by Gasteiger charge is -1.99. The first kappa shape index (κ1) is 9.01. The summed E-state index contributed by atoms with van der Waals surface area (Å²) in [6.07, 6.45) is 1.88. The molecular weight excluding hydrogens is 146 g/mol. The van der Waals surface area contributed by atoms with Gasteiger partial charge < -0.3 is 5.32 Å². The predicted molar refractivity (Wildman–Crippen MR) is 52.7 cm³/mol. The summed E-state index contributed by atoms with van der Waals surface area (Å²) in [7, 11) is 0. The van der Waals surface area contributed by atoms with Gasteiger partial charge in [0.15, 0.2) is 0 Å². The average molecular weight is 162 g/mol. The van der Waals surface area contributed by atoms with Crippen LogP contribution in [0.2, 0.25) is 0 Å². The first-order valence-corrected chi connectivity index (χ1v) is 4.40. The van der Waals surface area contributed by atoms with Crippen LogP contribution in [0.1, 0.15) is 18.1 Å². The van der Waals surface area contributed by atoms with Crippen molar-refractivity contribution in [2.75, 3.05) is 6.54 Å². The molecule has 1 rings (SSSR count). The third-order valence-corrected chi connectivity index (χ3v) is 1.86. The quantitative estimate of drug-likeness (QED) is 0.689. The summed E-state index contributed by atoms with van der Waals surface area (Å²) in [6, 6.07) is 8.48. The minimum Gasteiger partial charge on any atom is -0.343 e. The van der Waals surface area contributed by atoms with E-state index in [1.807, 2.05) is 6.08 Å². The molecular formula is C11H16N+. The van der Waals surface area contributed by atoms with Crippen molar-refractivity contribution < 1.29 is 5.32 Å². The van der Waals surface area contributed by atoms with Crippen LogP contribution in [0.3, 0.4) is 0 Å². The molecule has 0 aromatic heterocycles. The molecule has 0 radical (unpaired) electrons. The van der Waals surface area contributed by atoms with Gasteiger partial charge in [-0.2, -0.15) is 0 Å². The monoisotopic (exact) mass is 162 g/mol. The Kier molecular flexibility index (Phi) is 3.55. The van der Waals surface area contributed by atoms with Gasteiger partial charge in [-0.05, 0) is 18.6 Å². The summed E-state index contributed by atoms with van der Waals surface area (Å²) in [5.41, 5.74) is 2.58. The van der Waals surface area contributed by atoms with Crippen LogP contribution in [0.25, 0.3) is 6.08 Å². The minimum atomic E-state index is 1.07. The van der Waals surface area contributed by atoms with E-state index in [1.54, 1.807) is 0 Å². The van der Waals surface area contributed by atoms with Crippen LogP contribution in [0.5, 0.6) is 0 Å². The zero-order valence-corrected chi connectivity index (χ0v) is 7.59. The van der Waals surface area contributed by atoms with Crippen molar-refractivity contribution >= 4 is 6.08 Å². The van der Waals surface area contributed by atoms with E-state index in [2.05, 4.69) is 43.1 Å². The Labute approximate surface area is 74.1 Å². The van der Waals surface area contributed by atoms with Crippen molar-refractivity contribution in [2.24, 2.45) is 0 Å². The summed E-state index contributed by atoms with van der Waals surface area (Å²) in [4.78, 5) is 0. The Morgan fingerprint density at radius 3 is 3.00 bits per heavy atom. The van der Waals surface area contributed by atoms with Gasteiger partial charge in [0, 0.05) is 5.56 Å². The van der Waals surface area contributed by atoms with Crippen LogP contribution in [0.15, 0.2) is 30.8 Å². The molecule has 0 aliphatic carbocycles. The minimum absolute atomic E-state index is 1.07. The van der Waals surface area contributed by atoms with Crippen LogP contribution in [-0.4, -0.2) is 6.54 Å². The molecule has 0 aliphatic rings. The zero-order chi connectivity index (χ0) is 8.81. The van der Waals surface area contributed by atoms with Crippen molar-refractivity contribution in [1.82, 2.24) is 0 Å². The van der Waals surface area contributed by atoms with Crippen molar-refractivity contribution in [2.45, 2.75) is 13.5 Å². The van der Waals surface area contributed by atoms with Crippen molar-refractivity contribution in [3.8, 4) is 0 Å². The summed E-state index contributed by atoms with van der Waals surface area (Å²) < 4.78 is 0. The molecule has 0 fully saturated rings. The van der Waals surface area contributed by atoms with E-state index in [0.717, 1.165) is 13.1 Å². The van der Waals surface area contributed by atoms with Gasteiger partial charge in [-0.15, -0.1) is 0 Å². The van der Waals surface area contributed by atoms with Crippen LogP contribution < -0.4 is 5.32 Å². The normalized spacial score (nSPS) is 9.75. The average Bonchev–Trinajstić information content (AvgIpc) is 2.15. The maximum Gasteiger partial charge on any atom is 0.101 e. The molecule has 0 bridgehead atoms. The Balaban J connectivity index is 2.66. The van der Waals surface area contributed by atoms with Gasteiger partial charge in [0.1, 0.15) is 6.54 Å². The number of quaternary nitrogens is 1. The molecule has 1 aromatic carbocycles. The highest BCUT2D eigenvalue weighted by atomic mass is 14.8. The van der Waals surface area contributed by atoms with Gasteiger partial charge >= 0.3 is 0 Å². The molecule has 0 amide bonds. The highest BCUT2D eigenvalue weighted by Gasteiger charge is 1.93. The number of benzene rings is 1. The first-order chi connectivity index (χ1) is 5.86. The maximum atomic E-state index is 3.74. The van der Waals surface area contributed by atoms with Crippen LogP contribution in [0, 0.1) is 0 Å². The Bertz CT molecular complexity index is 253. The lowest BCUT2D eigenvalue weighted by molar-refractivity contribution is -0.667. The van der Waals surface area contributed by atoms with Gasteiger partial charge in [0.05, 0.1) is 6.54 Å². The standard InChI is InChI=1S/C11H15N/c1-3-10-6-5-7-11(8-10)9-12-4-2/h3,5-8,12H,1,4,9H2,2H3/p+1. The van der Waals surface area contributed by atoms with Crippen molar-refractivity contribution in [1.29, 1.82) is 0 Å². The molecule has 64 valence electrons.